The van der Waals surface area contributed by atoms with Crippen LogP contribution in [-0.2, 0) is 9.59 Å². The molecule has 0 aromatic carbocycles. The van der Waals surface area contributed by atoms with Gasteiger partial charge in [0.1, 0.15) is 0 Å². The van der Waals surface area contributed by atoms with E-state index in [-0.39, 0.29) is 11.1 Å². The zero-order chi connectivity index (χ0) is 10.8. The second kappa shape index (κ2) is 7.00. The van der Waals surface area contributed by atoms with Gasteiger partial charge < -0.3 is 0 Å². The predicted molar refractivity (Wildman–Crippen MR) is 52.4 cm³/mol. The minimum atomic E-state index is 0.119. The lowest BCUT2D eigenvalue weighted by atomic mass is 10.1. The molecule has 0 aromatic heterocycles. The fourth-order valence-electron chi connectivity index (χ4n) is 0.545. The number of hydrogen-bond acceptors (Lipinski definition) is 2. The quantitative estimate of drug-likeness (QED) is 0.387. The second-order valence-corrected chi connectivity index (χ2v) is 1.81. The number of terminal acetylenes is 2. The van der Waals surface area contributed by atoms with Crippen molar-refractivity contribution in [2.45, 2.75) is 0 Å². The van der Waals surface area contributed by atoms with E-state index in [0.29, 0.717) is 12.6 Å². The average Bonchev–Trinajstić information content (AvgIpc) is 2.23. The van der Waals surface area contributed by atoms with Crippen molar-refractivity contribution in [3.63, 3.8) is 0 Å². The van der Waals surface area contributed by atoms with E-state index in [1.54, 1.807) is 0 Å². The molecule has 2 nitrogen and oxygen atoms in total. The van der Waals surface area contributed by atoms with Crippen molar-refractivity contribution in [2.24, 2.45) is 0 Å². The highest BCUT2D eigenvalue weighted by Crippen LogP contribution is 1.99. The van der Waals surface area contributed by atoms with Crippen LogP contribution in [0.5, 0.6) is 0 Å². The van der Waals surface area contributed by atoms with Gasteiger partial charge in [0, 0.05) is 0 Å². The summed E-state index contributed by atoms with van der Waals surface area (Å²) in [5.74, 6) is 13.3. The van der Waals surface area contributed by atoms with Crippen LogP contribution in [0.25, 0.3) is 0 Å². The number of hydrogen-bond donors (Lipinski definition) is 0. The van der Waals surface area contributed by atoms with Gasteiger partial charge in [0.25, 0.3) is 0 Å². The van der Waals surface area contributed by atoms with Crippen LogP contribution in [0.15, 0.2) is 11.1 Å². The molecule has 0 saturated carbocycles. The summed E-state index contributed by atoms with van der Waals surface area (Å²) in [6.07, 6.45) is 10.9. The minimum absolute atomic E-state index is 0.119. The van der Waals surface area contributed by atoms with Crippen LogP contribution in [0.2, 0.25) is 0 Å². The molecule has 0 spiro atoms. The fraction of sp³-hybridized carbons (Fsp3) is 0. The molecule has 2 heteroatoms. The van der Waals surface area contributed by atoms with Crippen molar-refractivity contribution < 1.29 is 9.59 Å². The summed E-state index contributed by atoms with van der Waals surface area (Å²) in [5, 5.41) is 0. The van der Waals surface area contributed by atoms with Crippen molar-refractivity contribution in [3.05, 3.63) is 11.1 Å². The van der Waals surface area contributed by atoms with Crippen LogP contribution in [0.1, 0.15) is 0 Å². The van der Waals surface area contributed by atoms with Gasteiger partial charge in [-0.2, -0.15) is 0 Å². The molecule has 0 aliphatic heterocycles. The highest BCUT2D eigenvalue weighted by Gasteiger charge is 1.94. The SMILES string of the molecule is C#CC(C#CC=O)=C(C#C)C#CC=O. The molecule has 0 rings (SSSR count). The van der Waals surface area contributed by atoms with Gasteiger partial charge in [0.2, 0.25) is 0 Å². The van der Waals surface area contributed by atoms with E-state index >= 15 is 0 Å². The third-order valence-corrected chi connectivity index (χ3v) is 1.05. The highest BCUT2D eigenvalue weighted by atomic mass is 16.1. The van der Waals surface area contributed by atoms with E-state index in [0.717, 1.165) is 0 Å². The summed E-state index contributed by atoms with van der Waals surface area (Å²) >= 11 is 0. The van der Waals surface area contributed by atoms with Crippen LogP contribution < -0.4 is 0 Å². The van der Waals surface area contributed by atoms with Gasteiger partial charge in [0.05, 0.1) is 11.1 Å². The van der Waals surface area contributed by atoms with Crippen LogP contribution in [0.3, 0.4) is 0 Å². The standard InChI is InChI=1S/C12H4O2/c1-3-11(7-5-9-13)12(4-2)8-6-10-14/h1-2,9-10H. The van der Waals surface area contributed by atoms with E-state index < -0.39 is 0 Å². The molecule has 0 fully saturated rings. The molecule has 0 atom stereocenters. The summed E-state index contributed by atoms with van der Waals surface area (Å²) in [6.45, 7) is 0. The Labute approximate surface area is 82.4 Å². The average molecular weight is 180 g/mol. The Morgan fingerprint density at radius 2 is 1.21 bits per heavy atom. The molecule has 0 N–H and O–H groups in total. The second-order valence-electron chi connectivity index (χ2n) is 1.81. The molecule has 0 radical (unpaired) electrons. The first-order valence-corrected chi connectivity index (χ1v) is 3.38. The Hall–Kier alpha value is -2.68. The van der Waals surface area contributed by atoms with Crippen LogP contribution in [-0.4, -0.2) is 12.6 Å². The number of carbonyl (C=O) groups is 2. The number of allylic oxidation sites excluding steroid dienone is 2. The molecule has 0 amide bonds. The van der Waals surface area contributed by atoms with E-state index in [4.69, 9.17) is 12.8 Å². The Bertz CT molecular complexity index is 425. The van der Waals surface area contributed by atoms with Crippen molar-refractivity contribution >= 4 is 12.6 Å². The molecule has 0 bridgehead atoms. The van der Waals surface area contributed by atoms with Crippen LogP contribution >= 0.6 is 0 Å². The monoisotopic (exact) mass is 180 g/mol. The topological polar surface area (TPSA) is 34.1 Å². The minimum Gasteiger partial charge on any atom is -0.289 e. The molecule has 0 saturated heterocycles. The Morgan fingerprint density at radius 3 is 1.43 bits per heavy atom. The predicted octanol–water partition coefficient (Wildman–Crippen LogP) is -0.0460. The zero-order valence-corrected chi connectivity index (χ0v) is 7.13. The summed E-state index contributed by atoms with van der Waals surface area (Å²) in [4.78, 5) is 19.9. The van der Waals surface area contributed by atoms with Crippen molar-refractivity contribution in [3.8, 4) is 48.4 Å². The van der Waals surface area contributed by atoms with E-state index in [9.17, 15) is 9.59 Å². The van der Waals surface area contributed by atoms with Gasteiger partial charge in [0.15, 0.2) is 12.6 Å². The molecular formula is C12H4O2. The maximum atomic E-state index is 9.94. The molecule has 0 heterocycles. The molecule has 64 valence electrons. The molecule has 0 aliphatic rings. The lowest BCUT2D eigenvalue weighted by molar-refractivity contribution is -0.104. The Kier molecular flexibility index (Phi) is 5.66. The summed E-state index contributed by atoms with van der Waals surface area (Å²) < 4.78 is 0. The lowest BCUT2D eigenvalue weighted by Gasteiger charge is -1.87. The van der Waals surface area contributed by atoms with Gasteiger partial charge in [-0.05, 0) is 23.7 Å². The van der Waals surface area contributed by atoms with Crippen molar-refractivity contribution in [1.29, 1.82) is 0 Å². The molecule has 14 heavy (non-hydrogen) atoms. The van der Waals surface area contributed by atoms with Crippen LogP contribution in [0, 0.1) is 48.4 Å². The zero-order valence-electron chi connectivity index (χ0n) is 7.13. The van der Waals surface area contributed by atoms with E-state index in [1.165, 1.54) is 0 Å². The van der Waals surface area contributed by atoms with E-state index in [2.05, 4.69) is 35.5 Å². The normalized spacial score (nSPS) is 8.43. The molecule has 0 unspecified atom stereocenters. The first-order chi connectivity index (χ1) is 6.79. The number of carbonyl (C=O) groups excluding carboxylic acids is 2. The molecule has 0 aromatic rings. The van der Waals surface area contributed by atoms with Crippen molar-refractivity contribution in [1.82, 2.24) is 0 Å². The molecular weight excluding hydrogens is 176 g/mol. The maximum absolute atomic E-state index is 9.94. The Balaban J connectivity index is 5.39. The van der Waals surface area contributed by atoms with Crippen LogP contribution in [0.4, 0.5) is 0 Å². The van der Waals surface area contributed by atoms with Gasteiger partial charge >= 0.3 is 0 Å². The fourth-order valence-corrected chi connectivity index (χ4v) is 0.545. The van der Waals surface area contributed by atoms with Gasteiger partial charge in [-0.3, -0.25) is 9.59 Å². The Morgan fingerprint density at radius 1 is 0.857 bits per heavy atom. The lowest BCUT2D eigenvalue weighted by Crippen LogP contribution is -1.82. The van der Waals surface area contributed by atoms with E-state index in [1.807, 2.05) is 0 Å². The van der Waals surface area contributed by atoms with Gasteiger partial charge in [-0.25, -0.2) is 0 Å². The van der Waals surface area contributed by atoms with Gasteiger partial charge in [-0.1, -0.05) is 11.8 Å². The largest absolute Gasteiger partial charge is 0.289 e. The maximum Gasteiger partial charge on any atom is 0.193 e. The summed E-state index contributed by atoms with van der Waals surface area (Å²) in [7, 11) is 0. The van der Waals surface area contributed by atoms with Crippen molar-refractivity contribution in [2.75, 3.05) is 0 Å². The molecule has 0 aliphatic carbocycles. The third-order valence-electron chi connectivity index (χ3n) is 1.05. The first-order valence-electron chi connectivity index (χ1n) is 3.38. The highest BCUT2D eigenvalue weighted by molar-refractivity contribution is 5.78. The smallest absolute Gasteiger partial charge is 0.193 e. The first kappa shape index (κ1) is 11.3. The summed E-state index contributed by atoms with van der Waals surface area (Å²) in [6, 6.07) is 0. The number of aldehydes is 2. The number of rotatable bonds is 0. The third kappa shape index (κ3) is 3.64. The van der Waals surface area contributed by atoms with Gasteiger partial charge in [-0.15, -0.1) is 12.8 Å². The summed E-state index contributed by atoms with van der Waals surface area (Å²) in [5.41, 5.74) is 0.239.